The Hall–Kier alpha value is -2.14. The number of hydrogen-bond donors (Lipinski definition) is 1. The van der Waals surface area contributed by atoms with Gasteiger partial charge in [-0.05, 0) is 49.1 Å². The van der Waals surface area contributed by atoms with Gasteiger partial charge < -0.3 is 10.1 Å². The Labute approximate surface area is 121 Å². The highest BCUT2D eigenvalue weighted by molar-refractivity contribution is 7.12. The molecule has 0 aliphatic rings. The van der Waals surface area contributed by atoms with Crippen molar-refractivity contribution in [1.82, 2.24) is 0 Å². The average Bonchev–Trinajstić information content (AvgIpc) is 2.85. The first-order valence-electron chi connectivity index (χ1n) is 6.24. The molecule has 0 bridgehead atoms. The van der Waals surface area contributed by atoms with E-state index < -0.39 is 5.97 Å². The van der Waals surface area contributed by atoms with Gasteiger partial charge in [0.1, 0.15) is 0 Å². The molecule has 1 heterocycles. The molecule has 20 heavy (non-hydrogen) atoms. The number of nitrogens with one attached hydrogen (secondary N) is 1. The number of ether oxygens (including phenoxy) is 1. The Balaban J connectivity index is 2.14. The predicted molar refractivity (Wildman–Crippen MR) is 79.4 cm³/mol. The lowest BCUT2D eigenvalue weighted by molar-refractivity contribution is 0.0526. The average molecular weight is 289 g/mol. The molecule has 1 amide bonds. The van der Waals surface area contributed by atoms with Gasteiger partial charge in [-0.1, -0.05) is 6.07 Å². The van der Waals surface area contributed by atoms with E-state index in [1.54, 1.807) is 31.2 Å². The highest BCUT2D eigenvalue weighted by Gasteiger charge is 2.12. The van der Waals surface area contributed by atoms with Crippen molar-refractivity contribution in [3.63, 3.8) is 0 Å². The van der Waals surface area contributed by atoms with Crippen LogP contribution in [0.5, 0.6) is 0 Å². The van der Waals surface area contributed by atoms with Crippen molar-refractivity contribution in [2.24, 2.45) is 0 Å². The number of rotatable bonds is 4. The van der Waals surface area contributed by atoms with Gasteiger partial charge in [0, 0.05) is 5.69 Å². The Morgan fingerprint density at radius 3 is 2.75 bits per heavy atom. The first kappa shape index (κ1) is 14.3. The summed E-state index contributed by atoms with van der Waals surface area (Å²) in [6, 6.07) is 8.62. The van der Waals surface area contributed by atoms with E-state index in [0.29, 0.717) is 22.7 Å². The summed E-state index contributed by atoms with van der Waals surface area (Å²) in [7, 11) is 0. The zero-order chi connectivity index (χ0) is 14.5. The summed E-state index contributed by atoms with van der Waals surface area (Å²) in [6.45, 7) is 3.97. The van der Waals surface area contributed by atoms with Gasteiger partial charge in [0.05, 0.1) is 17.0 Å². The molecule has 0 fully saturated rings. The van der Waals surface area contributed by atoms with Crippen LogP contribution in [0.2, 0.25) is 0 Å². The van der Waals surface area contributed by atoms with Crippen molar-refractivity contribution >= 4 is 28.9 Å². The Morgan fingerprint density at radius 1 is 1.30 bits per heavy atom. The molecule has 1 N–H and O–H groups in total. The van der Waals surface area contributed by atoms with Crippen LogP contribution in [0.1, 0.15) is 32.5 Å². The van der Waals surface area contributed by atoms with Crippen LogP contribution >= 0.6 is 11.3 Å². The van der Waals surface area contributed by atoms with Crippen LogP contribution in [-0.2, 0) is 4.74 Å². The molecule has 1 aromatic carbocycles. The SMILES string of the molecule is CCOC(=O)c1cccc(NC(=O)c2sccc2C)c1. The number of thiophene rings is 1. The molecule has 0 aliphatic carbocycles. The summed E-state index contributed by atoms with van der Waals surface area (Å²) >= 11 is 1.39. The fraction of sp³-hybridized carbons (Fsp3) is 0.200. The molecule has 0 atom stereocenters. The zero-order valence-corrected chi connectivity index (χ0v) is 12.1. The molecule has 0 saturated carbocycles. The molecule has 5 heteroatoms. The molecule has 0 radical (unpaired) electrons. The minimum absolute atomic E-state index is 0.168. The van der Waals surface area contributed by atoms with Crippen LogP contribution in [0.3, 0.4) is 0 Å². The number of benzene rings is 1. The van der Waals surface area contributed by atoms with Crippen LogP contribution in [0, 0.1) is 6.92 Å². The Kier molecular flexibility index (Phi) is 4.53. The van der Waals surface area contributed by atoms with E-state index >= 15 is 0 Å². The van der Waals surface area contributed by atoms with Crippen molar-refractivity contribution in [2.45, 2.75) is 13.8 Å². The van der Waals surface area contributed by atoms with Gasteiger partial charge in [-0.3, -0.25) is 4.79 Å². The molecule has 0 unspecified atom stereocenters. The van der Waals surface area contributed by atoms with Crippen molar-refractivity contribution in [3.8, 4) is 0 Å². The summed E-state index contributed by atoms with van der Waals surface area (Å²) in [5.74, 6) is -0.561. The predicted octanol–water partition coefficient (Wildman–Crippen LogP) is 3.49. The van der Waals surface area contributed by atoms with Crippen LogP contribution < -0.4 is 5.32 Å². The molecule has 0 aliphatic heterocycles. The quantitative estimate of drug-likeness (QED) is 0.877. The standard InChI is InChI=1S/C15H15NO3S/c1-3-19-15(18)11-5-4-6-12(9-11)16-14(17)13-10(2)7-8-20-13/h4-9H,3H2,1-2H3,(H,16,17). The van der Waals surface area contributed by atoms with E-state index in [1.807, 2.05) is 18.4 Å². The first-order chi connectivity index (χ1) is 9.61. The van der Waals surface area contributed by atoms with Gasteiger partial charge >= 0.3 is 5.97 Å². The summed E-state index contributed by atoms with van der Waals surface area (Å²) < 4.78 is 4.93. The third-order valence-electron chi connectivity index (χ3n) is 2.70. The maximum absolute atomic E-state index is 12.1. The number of carbonyl (C=O) groups excluding carboxylic acids is 2. The van der Waals surface area contributed by atoms with E-state index in [1.165, 1.54) is 11.3 Å². The molecule has 1 aromatic heterocycles. The highest BCUT2D eigenvalue weighted by atomic mass is 32.1. The normalized spacial score (nSPS) is 10.1. The number of anilines is 1. The number of carbonyl (C=O) groups is 2. The van der Waals surface area contributed by atoms with Crippen LogP contribution in [0.15, 0.2) is 35.7 Å². The minimum atomic E-state index is -0.393. The second-order valence-electron chi connectivity index (χ2n) is 4.19. The van der Waals surface area contributed by atoms with Crippen LogP contribution in [0.4, 0.5) is 5.69 Å². The van der Waals surface area contributed by atoms with Crippen molar-refractivity contribution < 1.29 is 14.3 Å². The summed E-state index contributed by atoms with van der Waals surface area (Å²) in [5.41, 5.74) is 1.94. The van der Waals surface area contributed by atoms with Gasteiger partial charge in [-0.25, -0.2) is 4.79 Å². The van der Waals surface area contributed by atoms with Crippen LogP contribution in [0.25, 0.3) is 0 Å². The lowest BCUT2D eigenvalue weighted by Crippen LogP contribution is -2.12. The fourth-order valence-corrected chi connectivity index (χ4v) is 2.55. The molecule has 0 saturated heterocycles. The first-order valence-corrected chi connectivity index (χ1v) is 7.12. The maximum Gasteiger partial charge on any atom is 0.338 e. The van der Waals surface area contributed by atoms with E-state index in [2.05, 4.69) is 5.32 Å². The number of esters is 1. The van der Waals surface area contributed by atoms with Crippen molar-refractivity contribution in [1.29, 1.82) is 0 Å². The van der Waals surface area contributed by atoms with E-state index in [4.69, 9.17) is 4.74 Å². The summed E-state index contributed by atoms with van der Waals surface area (Å²) in [5, 5.41) is 4.66. The van der Waals surface area contributed by atoms with Gasteiger partial charge in [0.2, 0.25) is 0 Å². The number of amides is 1. The zero-order valence-electron chi connectivity index (χ0n) is 11.3. The van der Waals surface area contributed by atoms with Gasteiger partial charge in [0.25, 0.3) is 5.91 Å². The molecular formula is C15H15NO3S. The molecule has 104 valence electrons. The molecular weight excluding hydrogens is 274 g/mol. The second kappa shape index (κ2) is 6.34. The summed E-state index contributed by atoms with van der Waals surface area (Å²) in [4.78, 5) is 24.4. The van der Waals surface area contributed by atoms with Crippen LogP contribution in [-0.4, -0.2) is 18.5 Å². The lowest BCUT2D eigenvalue weighted by atomic mass is 10.2. The molecule has 2 rings (SSSR count). The van der Waals surface area contributed by atoms with Crippen molar-refractivity contribution in [3.05, 3.63) is 51.7 Å². The van der Waals surface area contributed by atoms with Gasteiger partial charge in [-0.15, -0.1) is 11.3 Å². The monoisotopic (exact) mass is 289 g/mol. The van der Waals surface area contributed by atoms with E-state index in [0.717, 1.165) is 5.56 Å². The number of aryl methyl sites for hydroxylation is 1. The van der Waals surface area contributed by atoms with E-state index in [-0.39, 0.29) is 5.91 Å². The third-order valence-corrected chi connectivity index (χ3v) is 3.72. The Bertz CT molecular complexity index is 634. The lowest BCUT2D eigenvalue weighted by Gasteiger charge is -2.07. The molecule has 0 spiro atoms. The Morgan fingerprint density at radius 2 is 2.10 bits per heavy atom. The van der Waals surface area contributed by atoms with Crippen molar-refractivity contribution in [2.75, 3.05) is 11.9 Å². The van der Waals surface area contributed by atoms with Gasteiger partial charge in [0.15, 0.2) is 0 Å². The second-order valence-corrected chi connectivity index (χ2v) is 5.10. The fourth-order valence-electron chi connectivity index (χ4n) is 1.73. The number of hydrogen-bond acceptors (Lipinski definition) is 4. The third kappa shape index (κ3) is 3.24. The molecule has 4 nitrogen and oxygen atoms in total. The van der Waals surface area contributed by atoms with Gasteiger partial charge in [-0.2, -0.15) is 0 Å². The molecule has 2 aromatic rings. The highest BCUT2D eigenvalue weighted by Crippen LogP contribution is 2.18. The maximum atomic E-state index is 12.1. The topological polar surface area (TPSA) is 55.4 Å². The summed E-state index contributed by atoms with van der Waals surface area (Å²) in [6.07, 6.45) is 0. The minimum Gasteiger partial charge on any atom is -0.462 e. The van der Waals surface area contributed by atoms with E-state index in [9.17, 15) is 9.59 Å². The largest absolute Gasteiger partial charge is 0.462 e. The smallest absolute Gasteiger partial charge is 0.338 e.